The lowest BCUT2D eigenvalue weighted by Crippen LogP contribution is -2.18. The highest BCUT2D eigenvalue weighted by molar-refractivity contribution is 6.30. The van der Waals surface area contributed by atoms with Gasteiger partial charge in [0.15, 0.2) is 0 Å². The number of hydrogen-bond acceptors (Lipinski definition) is 3. The Bertz CT molecular complexity index is 661. The van der Waals surface area contributed by atoms with E-state index in [1.807, 2.05) is 24.3 Å². The topological polar surface area (TPSA) is 29.5 Å². The van der Waals surface area contributed by atoms with E-state index >= 15 is 0 Å². The van der Waals surface area contributed by atoms with Gasteiger partial charge in [-0.3, -0.25) is 4.79 Å². The molecule has 1 aliphatic heterocycles. The van der Waals surface area contributed by atoms with E-state index in [4.69, 9.17) is 16.3 Å². The van der Waals surface area contributed by atoms with Crippen molar-refractivity contribution in [1.29, 1.82) is 0 Å². The zero-order chi connectivity index (χ0) is 16.2. The molecule has 1 atom stereocenters. The first kappa shape index (κ1) is 15.9. The second-order valence-corrected chi connectivity index (χ2v) is 6.23. The molecule has 2 aromatic rings. The zero-order valence-electron chi connectivity index (χ0n) is 13.2. The zero-order valence-corrected chi connectivity index (χ0v) is 13.9. The summed E-state index contributed by atoms with van der Waals surface area (Å²) >= 11 is 5.95. The molecule has 3 nitrogen and oxygen atoms in total. The minimum atomic E-state index is -0.426. The van der Waals surface area contributed by atoms with E-state index in [2.05, 4.69) is 17.0 Å². The highest BCUT2D eigenvalue weighted by atomic mass is 35.5. The highest BCUT2D eigenvalue weighted by Crippen LogP contribution is 2.29. The summed E-state index contributed by atoms with van der Waals surface area (Å²) in [6, 6.07) is 15.6. The average molecular weight is 330 g/mol. The second-order valence-electron chi connectivity index (χ2n) is 5.79. The summed E-state index contributed by atoms with van der Waals surface area (Å²) in [5.41, 5.74) is 3.03. The number of esters is 1. The van der Waals surface area contributed by atoms with E-state index in [-0.39, 0.29) is 5.97 Å². The first-order valence-electron chi connectivity index (χ1n) is 7.87. The third-order valence-electron chi connectivity index (χ3n) is 4.34. The van der Waals surface area contributed by atoms with E-state index in [0.29, 0.717) is 5.02 Å². The molecule has 2 aromatic carbocycles. The summed E-state index contributed by atoms with van der Waals surface area (Å²) in [4.78, 5) is 14.6. The predicted molar refractivity (Wildman–Crippen MR) is 93.2 cm³/mol. The van der Waals surface area contributed by atoms with Crippen molar-refractivity contribution in [3.8, 4) is 0 Å². The van der Waals surface area contributed by atoms with Crippen molar-refractivity contribution < 1.29 is 9.53 Å². The third-order valence-corrected chi connectivity index (χ3v) is 4.59. The van der Waals surface area contributed by atoms with Gasteiger partial charge in [-0.05, 0) is 48.2 Å². The minimum absolute atomic E-state index is 0.263. The maximum absolute atomic E-state index is 12.3. The lowest BCUT2D eigenvalue weighted by atomic mass is 9.91. The number of halogens is 1. The minimum Gasteiger partial charge on any atom is -0.468 e. The van der Waals surface area contributed by atoms with E-state index in [1.165, 1.54) is 25.6 Å². The number of hydrogen-bond donors (Lipinski definition) is 0. The van der Waals surface area contributed by atoms with Gasteiger partial charge in [-0.1, -0.05) is 35.9 Å². The Balaban J connectivity index is 1.90. The number of benzene rings is 2. The molecule has 0 radical (unpaired) electrons. The number of anilines is 1. The van der Waals surface area contributed by atoms with Crippen molar-refractivity contribution in [1.82, 2.24) is 0 Å². The summed E-state index contributed by atoms with van der Waals surface area (Å²) in [5, 5.41) is 0.654. The average Bonchev–Trinajstić information content (AvgIpc) is 3.12. The van der Waals surface area contributed by atoms with Crippen LogP contribution in [0.1, 0.15) is 29.9 Å². The van der Waals surface area contributed by atoms with Crippen molar-refractivity contribution in [2.45, 2.75) is 18.8 Å². The van der Waals surface area contributed by atoms with Crippen LogP contribution in [-0.2, 0) is 9.53 Å². The number of carbonyl (C=O) groups is 1. The fourth-order valence-electron chi connectivity index (χ4n) is 3.09. The lowest BCUT2D eigenvalue weighted by molar-refractivity contribution is -0.141. The molecule has 4 heteroatoms. The Labute approximate surface area is 141 Å². The van der Waals surface area contributed by atoms with E-state index in [1.54, 1.807) is 12.1 Å². The van der Waals surface area contributed by atoms with E-state index < -0.39 is 5.92 Å². The molecular formula is C19H20ClNO2. The molecule has 1 fully saturated rings. The molecule has 0 spiro atoms. The molecule has 0 aliphatic carbocycles. The van der Waals surface area contributed by atoms with Crippen molar-refractivity contribution in [3.63, 3.8) is 0 Å². The van der Waals surface area contributed by atoms with Gasteiger partial charge in [0.1, 0.15) is 5.92 Å². The van der Waals surface area contributed by atoms with Gasteiger partial charge in [-0.15, -0.1) is 0 Å². The van der Waals surface area contributed by atoms with Crippen LogP contribution in [0.15, 0.2) is 48.5 Å². The van der Waals surface area contributed by atoms with Crippen molar-refractivity contribution in [3.05, 3.63) is 64.7 Å². The Morgan fingerprint density at radius 2 is 1.52 bits per heavy atom. The predicted octanol–water partition coefficient (Wildman–Crippen LogP) is 4.25. The molecule has 0 saturated carbocycles. The molecule has 0 amide bonds. The van der Waals surface area contributed by atoms with Gasteiger partial charge in [-0.2, -0.15) is 0 Å². The summed E-state index contributed by atoms with van der Waals surface area (Å²) in [5.74, 6) is -0.689. The maximum atomic E-state index is 12.3. The molecule has 120 valence electrons. The summed E-state index contributed by atoms with van der Waals surface area (Å²) < 4.78 is 5.00. The largest absolute Gasteiger partial charge is 0.468 e. The van der Waals surface area contributed by atoms with Crippen LogP contribution in [0.5, 0.6) is 0 Å². The molecule has 1 aliphatic rings. The van der Waals surface area contributed by atoms with Gasteiger partial charge < -0.3 is 9.64 Å². The molecule has 1 saturated heterocycles. The number of carbonyl (C=O) groups excluding carboxylic acids is 1. The number of nitrogens with zero attached hydrogens (tertiary/aromatic N) is 1. The van der Waals surface area contributed by atoms with Gasteiger partial charge in [0.05, 0.1) is 7.11 Å². The number of ether oxygens (including phenoxy) is 1. The van der Waals surface area contributed by atoms with Crippen molar-refractivity contribution >= 4 is 23.3 Å². The molecule has 0 bridgehead atoms. The molecule has 1 heterocycles. The van der Waals surface area contributed by atoms with Crippen molar-refractivity contribution in [2.24, 2.45) is 0 Å². The quantitative estimate of drug-likeness (QED) is 0.785. The molecule has 0 unspecified atom stereocenters. The number of rotatable bonds is 4. The molecule has 23 heavy (non-hydrogen) atoms. The maximum Gasteiger partial charge on any atom is 0.317 e. The van der Waals surface area contributed by atoms with Crippen LogP contribution in [0.4, 0.5) is 5.69 Å². The Morgan fingerprint density at radius 1 is 1.00 bits per heavy atom. The van der Waals surface area contributed by atoms with Crippen molar-refractivity contribution in [2.75, 3.05) is 25.1 Å². The van der Waals surface area contributed by atoms with Crippen LogP contribution in [0.25, 0.3) is 0 Å². The van der Waals surface area contributed by atoms with Gasteiger partial charge in [0.25, 0.3) is 0 Å². The van der Waals surface area contributed by atoms with Gasteiger partial charge in [-0.25, -0.2) is 0 Å². The van der Waals surface area contributed by atoms with Crippen LogP contribution < -0.4 is 4.90 Å². The Hall–Kier alpha value is -2.00. The SMILES string of the molecule is COC(=O)[C@H](c1ccc(Cl)cc1)c1ccc(N2CCCC2)cc1. The van der Waals surface area contributed by atoms with Gasteiger partial charge >= 0.3 is 5.97 Å². The molecule has 0 N–H and O–H groups in total. The fraction of sp³-hybridized carbons (Fsp3) is 0.316. The Morgan fingerprint density at radius 3 is 2.04 bits per heavy atom. The lowest BCUT2D eigenvalue weighted by Gasteiger charge is -2.20. The molecular weight excluding hydrogens is 310 g/mol. The monoisotopic (exact) mass is 329 g/mol. The number of methoxy groups -OCH3 is 1. The third kappa shape index (κ3) is 3.50. The normalized spacial score (nSPS) is 15.5. The molecule has 0 aromatic heterocycles. The fourth-order valence-corrected chi connectivity index (χ4v) is 3.22. The van der Waals surface area contributed by atoms with Crippen LogP contribution in [0, 0.1) is 0 Å². The second kappa shape index (κ2) is 7.05. The van der Waals surface area contributed by atoms with Crippen LogP contribution in [-0.4, -0.2) is 26.2 Å². The summed E-state index contributed by atoms with van der Waals surface area (Å²) in [6.45, 7) is 2.22. The van der Waals surface area contributed by atoms with Crippen LogP contribution in [0.3, 0.4) is 0 Å². The van der Waals surface area contributed by atoms with E-state index in [9.17, 15) is 4.79 Å². The summed E-state index contributed by atoms with van der Waals surface area (Å²) in [6.07, 6.45) is 2.49. The molecule has 3 rings (SSSR count). The van der Waals surface area contributed by atoms with Gasteiger partial charge in [0, 0.05) is 23.8 Å². The smallest absolute Gasteiger partial charge is 0.317 e. The first-order chi connectivity index (χ1) is 11.2. The van der Waals surface area contributed by atoms with E-state index in [0.717, 1.165) is 24.2 Å². The standard InChI is InChI=1S/C19H20ClNO2/c1-23-19(22)18(14-4-8-16(20)9-5-14)15-6-10-17(11-7-15)21-12-2-3-13-21/h4-11,18H,2-3,12-13H2,1H3/t18-/m1/s1. The Kier molecular flexibility index (Phi) is 4.87. The first-order valence-corrected chi connectivity index (χ1v) is 8.25. The van der Waals surface area contributed by atoms with Gasteiger partial charge in [0.2, 0.25) is 0 Å². The van der Waals surface area contributed by atoms with Crippen LogP contribution >= 0.6 is 11.6 Å². The summed E-state index contributed by atoms with van der Waals surface area (Å²) in [7, 11) is 1.42. The highest BCUT2D eigenvalue weighted by Gasteiger charge is 2.24. The van der Waals surface area contributed by atoms with Crippen LogP contribution in [0.2, 0.25) is 5.02 Å².